The molecule has 1 aromatic heterocycles. The zero-order valence-corrected chi connectivity index (χ0v) is 23.0. The normalized spacial score (nSPS) is 15.4. The number of carbonyl (C=O) groups is 1. The largest absolute Gasteiger partial charge is 0.489 e. The van der Waals surface area contributed by atoms with Crippen molar-refractivity contribution in [2.45, 2.75) is 6.18 Å². The van der Waals surface area contributed by atoms with Crippen LogP contribution in [0, 0.1) is 0 Å². The number of halogens is 5. The van der Waals surface area contributed by atoms with E-state index in [1.165, 1.54) is 18.3 Å². The number of nitrogens with one attached hydrogen (secondary N) is 1. The lowest BCUT2D eigenvalue weighted by atomic mass is 9.98. The molecule has 6 rings (SSSR count). The maximum absolute atomic E-state index is 13.8. The first-order chi connectivity index (χ1) is 19.7. The van der Waals surface area contributed by atoms with Crippen LogP contribution in [0.3, 0.4) is 0 Å². The quantitative estimate of drug-likeness (QED) is 0.284. The van der Waals surface area contributed by atoms with Crippen LogP contribution in [0.5, 0.6) is 5.75 Å². The van der Waals surface area contributed by atoms with Gasteiger partial charge in [0, 0.05) is 30.2 Å². The lowest BCUT2D eigenvalue weighted by molar-refractivity contribution is -0.137. The van der Waals surface area contributed by atoms with E-state index < -0.39 is 21.8 Å². The van der Waals surface area contributed by atoms with Crippen molar-refractivity contribution in [1.82, 2.24) is 10.4 Å². The number of hydrogen-bond acceptors (Lipinski definition) is 6. The molecule has 12 heteroatoms. The minimum Gasteiger partial charge on any atom is -0.489 e. The number of nitrogens with zero attached hydrogens (tertiary/aromatic N) is 3. The molecular weight excluding hydrogens is 580 g/mol. The van der Waals surface area contributed by atoms with E-state index in [0.717, 1.165) is 5.69 Å². The van der Waals surface area contributed by atoms with Crippen LogP contribution in [0.25, 0.3) is 22.0 Å². The zero-order chi connectivity index (χ0) is 28.7. The zero-order valence-electron chi connectivity index (χ0n) is 21.5. The minimum absolute atomic E-state index is 0.351. The molecule has 3 heterocycles. The number of fused-ring (bicyclic) bond motifs is 2. The molecule has 0 saturated carbocycles. The number of rotatable bonds is 4. The average molecular weight is 603 g/mol. The predicted octanol–water partition coefficient (Wildman–Crippen LogP) is 6.61. The Morgan fingerprint density at radius 2 is 1.68 bits per heavy atom. The smallest absolute Gasteiger partial charge is 0.419 e. The van der Waals surface area contributed by atoms with Crippen LogP contribution in [-0.4, -0.2) is 50.3 Å². The number of amides is 1. The van der Waals surface area contributed by atoms with E-state index in [1.54, 1.807) is 17.1 Å². The third-order valence-electron chi connectivity index (χ3n) is 7.04. The second kappa shape index (κ2) is 10.9. The molecule has 2 aliphatic heterocycles. The van der Waals surface area contributed by atoms with Crippen molar-refractivity contribution in [2.75, 3.05) is 49.4 Å². The van der Waals surface area contributed by atoms with Crippen LogP contribution < -0.4 is 20.1 Å². The third kappa shape index (κ3) is 5.23. The van der Waals surface area contributed by atoms with Gasteiger partial charge in [-0.15, -0.1) is 0 Å². The Hall–Kier alpha value is -3.73. The number of carbonyl (C=O) groups excluding carboxylic acids is 1. The van der Waals surface area contributed by atoms with Gasteiger partial charge < -0.3 is 14.4 Å². The van der Waals surface area contributed by atoms with Crippen molar-refractivity contribution in [3.63, 3.8) is 0 Å². The van der Waals surface area contributed by atoms with Gasteiger partial charge in [-0.25, -0.2) is 0 Å². The van der Waals surface area contributed by atoms with Gasteiger partial charge in [0.1, 0.15) is 12.4 Å². The van der Waals surface area contributed by atoms with E-state index in [1.807, 2.05) is 30.3 Å². The van der Waals surface area contributed by atoms with Crippen LogP contribution >= 0.6 is 23.2 Å². The Morgan fingerprint density at radius 1 is 0.951 bits per heavy atom. The molecule has 3 aromatic carbocycles. The van der Waals surface area contributed by atoms with Gasteiger partial charge in [0.2, 0.25) is 0 Å². The van der Waals surface area contributed by atoms with Crippen LogP contribution in [0.1, 0.15) is 15.9 Å². The van der Waals surface area contributed by atoms with Gasteiger partial charge in [-0.05, 0) is 29.8 Å². The summed E-state index contributed by atoms with van der Waals surface area (Å²) in [7, 11) is 0. The molecule has 1 fully saturated rings. The Labute approximate surface area is 243 Å². The molecule has 1 N–H and O–H groups in total. The highest BCUT2D eigenvalue weighted by Gasteiger charge is 2.36. The van der Waals surface area contributed by atoms with E-state index >= 15 is 0 Å². The van der Waals surface area contributed by atoms with Gasteiger partial charge in [0.25, 0.3) is 5.91 Å². The summed E-state index contributed by atoms with van der Waals surface area (Å²) in [6, 6.07) is 15.2. The summed E-state index contributed by atoms with van der Waals surface area (Å²) in [6.45, 7) is 2.91. The fourth-order valence-electron chi connectivity index (χ4n) is 5.20. The van der Waals surface area contributed by atoms with Crippen LogP contribution in [0.4, 0.5) is 24.5 Å². The van der Waals surface area contributed by atoms with Crippen molar-refractivity contribution in [3.05, 3.63) is 82.0 Å². The van der Waals surface area contributed by atoms with E-state index in [9.17, 15) is 18.0 Å². The van der Waals surface area contributed by atoms with Crippen molar-refractivity contribution >= 4 is 51.4 Å². The first-order valence-electron chi connectivity index (χ1n) is 12.8. The summed E-state index contributed by atoms with van der Waals surface area (Å²) in [6.07, 6.45) is -3.21. The number of alkyl halides is 3. The number of morpholine rings is 1. The Bertz CT molecular complexity index is 1620. The molecule has 1 amide bonds. The van der Waals surface area contributed by atoms with Crippen LogP contribution in [0.15, 0.2) is 60.8 Å². The molecule has 0 unspecified atom stereocenters. The van der Waals surface area contributed by atoms with Gasteiger partial charge in [-0.1, -0.05) is 53.5 Å². The van der Waals surface area contributed by atoms with Crippen LogP contribution in [-0.2, 0) is 10.9 Å². The van der Waals surface area contributed by atoms with Gasteiger partial charge in [0.05, 0.1) is 57.8 Å². The van der Waals surface area contributed by atoms with Gasteiger partial charge in [0.15, 0.2) is 0 Å². The molecule has 4 aromatic rings. The van der Waals surface area contributed by atoms with Crippen molar-refractivity contribution in [1.29, 1.82) is 0 Å². The minimum atomic E-state index is -4.70. The van der Waals surface area contributed by atoms with Gasteiger partial charge in [-0.3, -0.25) is 20.2 Å². The predicted molar refractivity (Wildman–Crippen MR) is 152 cm³/mol. The molecule has 212 valence electrons. The van der Waals surface area contributed by atoms with E-state index in [2.05, 4.69) is 15.3 Å². The molecule has 0 atom stereocenters. The SMILES string of the molecule is O=C(NN1CCOc2ccccc21)c1cnc2c(-c3cc(Cl)c(C(F)(F)F)c(Cl)c3)cccc2c1N1CCOCC1. The second-order valence-corrected chi connectivity index (χ2v) is 10.4. The maximum atomic E-state index is 13.8. The molecule has 1 saturated heterocycles. The Kier molecular flexibility index (Phi) is 7.31. The fourth-order valence-corrected chi connectivity index (χ4v) is 5.91. The summed E-state index contributed by atoms with van der Waals surface area (Å²) < 4.78 is 51.7. The summed E-state index contributed by atoms with van der Waals surface area (Å²) in [5.41, 5.74) is 5.06. The topological polar surface area (TPSA) is 66.9 Å². The highest BCUT2D eigenvalue weighted by atomic mass is 35.5. The summed E-state index contributed by atoms with van der Waals surface area (Å²) in [4.78, 5) is 20.5. The van der Waals surface area contributed by atoms with Gasteiger partial charge in [-0.2, -0.15) is 13.2 Å². The van der Waals surface area contributed by atoms with Crippen molar-refractivity contribution in [2.24, 2.45) is 0 Å². The first kappa shape index (κ1) is 27.4. The van der Waals surface area contributed by atoms with Crippen molar-refractivity contribution in [3.8, 4) is 16.9 Å². The lowest BCUT2D eigenvalue weighted by Crippen LogP contribution is -2.47. The van der Waals surface area contributed by atoms with E-state index in [4.69, 9.17) is 32.7 Å². The number of aromatic nitrogens is 1. The summed E-state index contributed by atoms with van der Waals surface area (Å²) in [5.74, 6) is 0.311. The van der Waals surface area contributed by atoms with E-state index in [0.29, 0.717) is 78.5 Å². The summed E-state index contributed by atoms with van der Waals surface area (Å²) >= 11 is 12.1. The highest BCUT2D eigenvalue weighted by molar-refractivity contribution is 6.36. The number of benzene rings is 3. The number of hydrogen-bond donors (Lipinski definition) is 1. The lowest BCUT2D eigenvalue weighted by Gasteiger charge is -2.33. The number of ether oxygens (including phenoxy) is 2. The molecule has 41 heavy (non-hydrogen) atoms. The molecule has 0 spiro atoms. The van der Waals surface area contributed by atoms with Crippen molar-refractivity contribution < 1.29 is 27.4 Å². The number of hydrazine groups is 1. The third-order valence-corrected chi connectivity index (χ3v) is 7.64. The average Bonchev–Trinajstić information content (AvgIpc) is 2.95. The number of para-hydroxylation sites is 3. The Balaban J connectivity index is 1.45. The number of pyridine rings is 1. The molecule has 0 bridgehead atoms. The standard InChI is InChI=1S/C29H23Cl2F3N4O3/c30-21-14-17(15-22(31)25(21)29(32,33)34)18-4-3-5-19-26(18)35-16-20(27(19)37-8-11-40-12-9-37)28(39)36-38-10-13-41-24-7-2-1-6-23(24)38/h1-7,14-16H,8-13H2,(H,36,39). The monoisotopic (exact) mass is 602 g/mol. The van der Waals surface area contributed by atoms with E-state index in [-0.39, 0.29) is 5.91 Å². The fraction of sp³-hybridized carbons (Fsp3) is 0.241. The van der Waals surface area contributed by atoms with Gasteiger partial charge >= 0.3 is 6.18 Å². The molecule has 7 nitrogen and oxygen atoms in total. The molecule has 0 radical (unpaired) electrons. The summed E-state index contributed by atoms with van der Waals surface area (Å²) in [5, 5.41) is 1.39. The Morgan fingerprint density at radius 3 is 2.41 bits per heavy atom. The maximum Gasteiger partial charge on any atom is 0.419 e. The molecular formula is C29H23Cl2F3N4O3. The molecule has 2 aliphatic rings. The second-order valence-electron chi connectivity index (χ2n) is 9.54. The molecule has 0 aliphatic carbocycles. The van der Waals surface area contributed by atoms with Crippen LogP contribution in [0.2, 0.25) is 10.0 Å². The first-order valence-corrected chi connectivity index (χ1v) is 13.6. The number of anilines is 2. The highest BCUT2D eigenvalue weighted by Crippen LogP contribution is 2.43.